The van der Waals surface area contributed by atoms with Crippen LogP contribution in [0.2, 0.25) is 5.02 Å². The number of aromatic nitrogens is 3. The first-order valence-corrected chi connectivity index (χ1v) is 7.24. The quantitative estimate of drug-likeness (QED) is 0.436. The van der Waals surface area contributed by atoms with Crippen LogP contribution in [-0.4, -0.2) is 14.5 Å². The molecule has 1 aromatic carbocycles. The number of benzene rings is 2. The molecule has 0 spiro atoms. The Labute approximate surface area is 137 Å². The molecule has 0 saturated carbocycles. The molecule has 116 valence electrons. The van der Waals surface area contributed by atoms with E-state index in [1.54, 1.807) is 31.3 Å². The summed E-state index contributed by atoms with van der Waals surface area (Å²) >= 11 is 5.80. The second-order valence-corrected chi connectivity index (χ2v) is 5.38. The van der Waals surface area contributed by atoms with Gasteiger partial charge in [0, 0.05) is 17.6 Å². The maximum absolute atomic E-state index is 11.6. The van der Waals surface area contributed by atoms with Crippen LogP contribution in [0, 0.1) is 0 Å². The molecule has 0 saturated heterocycles. The zero-order chi connectivity index (χ0) is 16.4. The number of fused-ring (bicyclic) bond motifs is 1. The van der Waals surface area contributed by atoms with Gasteiger partial charge in [0.15, 0.2) is 0 Å². The number of nitrogens with zero attached hydrogens (tertiary/aromatic N) is 3. The molecule has 0 unspecified atom stereocenters. The van der Waals surface area contributed by atoms with Crippen molar-refractivity contribution in [2.24, 2.45) is 12.9 Å². The van der Waals surface area contributed by atoms with Crippen LogP contribution in [0.25, 0.3) is 22.5 Å². The molecule has 1 heterocycles. The van der Waals surface area contributed by atoms with Crippen LogP contribution in [0.15, 0.2) is 53.3 Å². The van der Waals surface area contributed by atoms with Crippen molar-refractivity contribution >= 4 is 17.5 Å². The van der Waals surface area contributed by atoms with E-state index in [-0.39, 0.29) is 5.95 Å². The predicted molar refractivity (Wildman–Crippen MR) is 91.0 cm³/mol. The molecule has 2 aliphatic carbocycles. The molecule has 0 bridgehead atoms. The van der Waals surface area contributed by atoms with Gasteiger partial charge in [0.25, 0.3) is 0 Å². The summed E-state index contributed by atoms with van der Waals surface area (Å²) in [6.07, 6.45) is 0. The van der Waals surface area contributed by atoms with Crippen LogP contribution in [-0.2, 0) is 7.05 Å². The van der Waals surface area contributed by atoms with E-state index in [0.717, 1.165) is 5.56 Å². The normalized spacial score (nSPS) is 10.6. The fourth-order valence-corrected chi connectivity index (χ4v) is 2.17. The molecule has 0 amide bonds. The Bertz CT molecular complexity index is 867. The highest BCUT2D eigenvalue weighted by atomic mass is 35.5. The third-order valence-electron chi connectivity index (χ3n) is 3.47. The Morgan fingerprint density at radius 1 is 0.957 bits per heavy atom. The number of nitrogen functional groups attached to an aromatic ring is 1. The van der Waals surface area contributed by atoms with Gasteiger partial charge in [0.05, 0.1) is 0 Å². The molecular weight excluding hydrogens is 314 g/mol. The number of rotatable bonds is 2. The Morgan fingerprint density at radius 2 is 1.48 bits per heavy atom. The number of nitrogens with one attached hydrogen (secondary N) is 1. The molecule has 23 heavy (non-hydrogen) atoms. The SMILES string of the molecule is Cn1c(-c2ccc(Cl)cc2)nc(NN)nc1=O.c1cc2ccc1-2. The molecular formula is C16H14ClN5O. The van der Waals surface area contributed by atoms with Crippen molar-refractivity contribution in [2.75, 3.05) is 5.43 Å². The molecule has 0 atom stereocenters. The van der Waals surface area contributed by atoms with E-state index in [2.05, 4.69) is 39.7 Å². The lowest BCUT2D eigenvalue weighted by atomic mass is 9.95. The van der Waals surface area contributed by atoms with Crippen molar-refractivity contribution in [3.63, 3.8) is 0 Å². The Balaban J connectivity index is 0.000000213. The number of halogens is 1. The van der Waals surface area contributed by atoms with Crippen LogP contribution in [0.1, 0.15) is 0 Å². The zero-order valence-corrected chi connectivity index (χ0v) is 13.1. The largest absolute Gasteiger partial charge is 0.352 e. The molecule has 0 fully saturated rings. The van der Waals surface area contributed by atoms with Crippen molar-refractivity contribution in [1.29, 1.82) is 0 Å². The zero-order valence-electron chi connectivity index (χ0n) is 12.3. The highest BCUT2D eigenvalue weighted by Gasteiger charge is 2.08. The van der Waals surface area contributed by atoms with Gasteiger partial charge in [-0.2, -0.15) is 9.97 Å². The summed E-state index contributed by atoms with van der Waals surface area (Å²) in [7, 11) is 1.59. The monoisotopic (exact) mass is 327 g/mol. The maximum Gasteiger partial charge on any atom is 0.352 e. The van der Waals surface area contributed by atoms with Crippen LogP contribution in [0.5, 0.6) is 0 Å². The van der Waals surface area contributed by atoms with E-state index < -0.39 is 5.69 Å². The van der Waals surface area contributed by atoms with Gasteiger partial charge in [-0.25, -0.2) is 10.6 Å². The Kier molecular flexibility index (Phi) is 4.10. The number of hydrazine groups is 1. The second kappa shape index (κ2) is 6.20. The van der Waals surface area contributed by atoms with E-state index in [9.17, 15) is 4.79 Å². The summed E-state index contributed by atoms with van der Waals surface area (Å²) in [4.78, 5) is 19.3. The topological polar surface area (TPSA) is 85.8 Å². The van der Waals surface area contributed by atoms with Crippen molar-refractivity contribution in [3.8, 4) is 22.5 Å². The maximum atomic E-state index is 11.6. The summed E-state index contributed by atoms with van der Waals surface area (Å²) in [6, 6.07) is 15.5. The molecule has 4 rings (SSSR count). The molecule has 0 aliphatic heterocycles. The third kappa shape index (κ3) is 3.08. The van der Waals surface area contributed by atoms with Crippen LogP contribution in [0.3, 0.4) is 0 Å². The average molecular weight is 328 g/mol. The minimum absolute atomic E-state index is 0.0815. The van der Waals surface area contributed by atoms with Crippen molar-refractivity contribution in [1.82, 2.24) is 14.5 Å². The van der Waals surface area contributed by atoms with E-state index in [4.69, 9.17) is 17.4 Å². The third-order valence-corrected chi connectivity index (χ3v) is 3.72. The lowest BCUT2D eigenvalue weighted by molar-refractivity contribution is 0.785. The Hall–Kier alpha value is -2.70. The minimum Gasteiger partial charge on any atom is -0.292 e. The molecule has 7 heteroatoms. The first-order chi connectivity index (χ1) is 11.1. The standard InChI is InChI=1S/C10H10ClN5O.C6H4/c1-16-8(6-2-4-7(11)5-3-6)13-9(15-12)14-10(16)17;1-2-6-4-3-5(1)6/h2-5H,12H2,1H3,(H,14,15,17);1-4H. The highest BCUT2D eigenvalue weighted by Crippen LogP contribution is 2.29. The van der Waals surface area contributed by atoms with Crippen LogP contribution >= 0.6 is 11.6 Å². The smallest absolute Gasteiger partial charge is 0.292 e. The summed E-state index contributed by atoms with van der Waals surface area (Å²) in [5.74, 6) is 5.74. The number of nitrogens with two attached hydrogens (primary N) is 1. The van der Waals surface area contributed by atoms with Crippen LogP contribution < -0.4 is 17.0 Å². The Morgan fingerprint density at radius 3 is 1.91 bits per heavy atom. The first-order valence-electron chi connectivity index (χ1n) is 6.86. The lowest BCUT2D eigenvalue weighted by Gasteiger charge is -2.10. The van der Waals surface area contributed by atoms with Gasteiger partial charge in [-0.1, -0.05) is 35.9 Å². The van der Waals surface area contributed by atoms with Gasteiger partial charge < -0.3 is 0 Å². The highest BCUT2D eigenvalue weighted by molar-refractivity contribution is 6.30. The minimum atomic E-state index is -0.432. The van der Waals surface area contributed by atoms with Gasteiger partial charge in [-0.3, -0.25) is 9.99 Å². The molecule has 3 N–H and O–H groups in total. The fraction of sp³-hybridized carbons (Fsp3) is 0.0625. The van der Waals surface area contributed by atoms with Gasteiger partial charge in [0.1, 0.15) is 5.82 Å². The number of hydrogen-bond donors (Lipinski definition) is 2. The predicted octanol–water partition coefficient (Wildman–Crippen LogP) is 2.45. The number of anilines is 1. The van der Waals surface area contributed by atoms with Crippen molar-refractivity contribution < 1.29 is 0 Å². The van der Waals surface area contributed by atoms with E-state index >= 15 is 0 Å². The van der Waals surface area contributed by atoms with Crippen molar-refractivity contribution in [2.45, 2.75) is 0 Å². The molecule has 2 aromatic rings. The van der Waals surface area contributed by atoms with Gasteiger partial charge >= 0.3 is 5.69 Å². The van der Waals surface area contributed by atoms with Gasteiger partial charge in [-0.15, -0.1) is 0 Å². The molecule has 2 aliphatic rings. The molecule has 0 radical (unpaired) electrons. The van der Waals surface area contributed by atoms with E-state index in [1.165, 1.54) is 15.7 Å². The second-order valence-electron chi connectivity index (χ2n) is 4.94. The molecule has 1 aromatic heterocycles. The summed E-state index contributed by atoms with van der Waals surface area (Å²) < 4.78 is 1.34. The average Bonchev–Trinajstić information content (AvgIpc) is 2.55. The van der Waals surface area contributed by atoms with Gasteiger partial charge in [0.2, 0.25) is 5.95 Å². The first kappa shape index (κ1) is 15.2. The fourth-order valence-electron chi connectivity index (χ4n) is 2.04. The van der Waals surface area contributed by atoms with E-state index in [0.29, 0.717) is 10.8 Å². The van der Waals surface area contributed by atoms with E-state index in [1.807, 2.05) is 0 Å². The lowest BCUT2D eigenvalue weighted by Crippen LogP contribution is -2.26. The molecule has 6 nitrogen and oxygen atoms in total. The summed E-state index contributed by atoms with van der Waals surface area (Å²) in [5, 5.41) is 0.616. The van der Waals surface area contributed by atoms with Crippen molar-refractivity contribution in [3.05, 3.63) is 64.0 Å². The summed E-state index contributed by atoms with van der Waals surface area (Å²) in [6.45, 7) is 0. The summed E-state index contributed by atoms with van der Waals surface area (Å²) in [5.41, 5.74) is 5.43. The van der Waals surface area contributed by atoms with Crippen LogP contribution in [0.4, 0.5) is 5.95 Å². The number of hydrogen-bond acceptors (Lipinski definition) is 5. The van der Waals surface area contributed by atoms with Gasteiger partial charge in [-0.05, 0) is 35.4 Å².